The lowest BCUT2D eigenvalue weighted by atomic mass is 9.92. The van der Waals surface area contributed by atoms with Crippen LogP contribution in [-0.4, -0.2) is 58.7 Å². The van der Waals surface area contributed by atoms with Crippen molar-refractivity contribution in [3.8, 4) is 5.88 Å². The van der Waals surface area contributed by atoms with Crippen LogP contribution in [0.25, 0.3) is 11.0 Å². The highest BCUT2D eigenvalue weighted by atomic mass is 16.8. The van der Waals surface area contributed by atoms with E-state index in [9.17, 15) is 4.79 Å². The van der Waals surface area contributed by atoms with Crippen LogP contribution in [0.4, 0.5) is 4.79 Å². The Hall–Kier alpha value is -2.45. The lowest BCUT2D eigenvalue weighted by Crippen LogP contribution is -2.37. The fourth-order valence-corrected chi connectivity index (χ4v) is 4.29. The van der Waals surface area contributed by atoms with Crippen molar-refractivity contribution in [2.45, 2.75) is 64.6 Å². The Bertz CT molecular complexity index is 971. The summed E-state index contributed by atoms with van der Waals surface area (Å²) in [6.45, 7) is 10.7. The average molecular weight is 430 g/mol. The summed E-state index contributed by atoms with van der Waals surface area (Å²) in [5.41, 5.74) is 1.90. The number of carbonyl (C=O) groups is 1. The molecule has 2 fully saturated rings. The van der Waals surface area contributed by atoms with Crippen LogP contribution in [0, 0.1) is 5.92 Å². The molecule has 4 heterocycles. The van der Waals surface area contributed by atoms with E-state index < -0.39 is 11.4 Å². The number of rotatable bonds is 3. The molecule has 2 aliphatic heterocycles. The van der Waals surface area contributed by atoms with Crippen LogP contribution in [0.15, 0.2) is 24.4 Å². The standard InChI is InChI=1S/C23H31N3O5/c1-22(2,3)31-21(27)26-12-10-14(13-26)19-20(30-23(4,5)29-19)15-9-11-24-16-7-8-17(28-6)25-18(15)16/h7-9,11,14,19-20H,10,12-13H2,1-6H3/t14-,19+,20+/m0/s1. The van der Waals surface area contributed by atoms with Crippen LogP contribution in [0.5, 0.6) is 5.88 Å². The molecule has 2 aromatic heterocycles. The number of carbonyl (C=O) groups excluding carboxylic acids is 1. The number of hydrogen-bond acceptors (Lipinski definition) is 7. The summed E-state index contributed by atoms with van der Waals surface area (Å²) in [7, 11) is 1.59. The Morgan fingerprint density at radius 3 is 2.71 bits per heavy atom. The van der Waals surface area contributed by atoms with Gasteiger partial charge in [0, 0.05) is 36.8 Å². The zero-order chi connectivity index (χ0) is 22.4. The van der Waals surface area contributed by atoms with Gasteiger partial charge in [-0.05, 0) is 53.2 Å². The number of fused-ring (bicyclic) bond motifs is 1. The first-order valence-corrected chi connectivity index (χ1v) is 10.7. The first-order valence-electron chi connectivity index (χ1n) is 10.7. The van der Waals surface area contributed by atoms with Gasteiger partial charge in [0.25, 0.3) is 0 Å². The van der Waals surface area contributed by atoms with Crippen LogP contribution in [0.2, 0.25) is 0 Å². The molecular formula is C23H31N3O5. The van der Waals surface area contributed by atoms with E-state index >= 15 is 0 Å². The van der Waals surface area contributed by atoms with Gasteiger partial charge in [-0.1, -0.05) is 0 Å². The Kier molecular flexibility index (Phi) is 5.55. The molecule has 168 valence electrons. The van der Waals surface area contributed by atoms with E-state index in [1.807, 2.05) is 46.8 Å². The van der Waals surface area contributed by atoms with E-state index in [1.165, 1.54) is 0 Å². The maximum absolute atomic E-state index is 12.5. The van der Waals surface area contributed by atoms with Gasteiger partial charge in [0.1, 0.15) is 11.7 Å². The average Bonchev–Trinajstić information content (AvgIpc) is 3.30. The summed E-state index contributed by atoms with van der Waals surface area (Å²) in [6, 6.07) is 5.61. The van der Waals surface area contributed by atoms with Crippen molar-refractivity contribution in [1.29, 1.82) is 0 Å². The van der Waals surface area contributed by atoms with Gasteiger partial charge >= 0.3 is 6.09 Å². The van der Waals surface area contributed by atoms with Crippen LogP contribution >= 0.6 is 0 Å². The number of pyridine rings is 2. The summed E-state index contributed by atoms with van der Waals surface area (Å²) in [5, 5.41) is 0. The largest absolute Gasteiger partial charge is 0.481 e. The number of aromatic nitrogens is 2. The normalized spacial score (nSPS) is 25.7. The molecule has 0 bridgehead atoms. The molecular weight excluding hydrogens is 398 g/mol. The quantitative estimate of drug-likeness (QED) is 0.727. The third-order valence-corrected chi connectivity index (χ3v) is 5.58. The first kappa shape index (κ1) is 21.8. The maximum atomic E-state index is 12.5. The second-order valence-electron chi connectivity index (χ2n) is 9.62. The van der Waals surface area contributed by atoms with E-state index in [2.05, 4.69) is 9.97 Å². The molecule has 2 saturated heterocycles. The molecule has 0 unspecified atom stereocenters. The fourth-order valence-electron chi connectivity index (χ4n) is 4.29. The fraction of sp³-hybridized carbons (Fsp3) is 0.609. The molecule has 0 aliphatic carbocycles. The predicted octanol–water partition coefficient (Wildman–Crippen LogP) is 4.09. The van der Waals surface area contributed by atoms with E-state index in [-0.39, 0.29) is 24.2 Å². The number of methoxy groups -OCH3 is 1. The third-order valence-electron chi connectivity index (χ3n) is 5.58. The third kappa shape index (κ3) is 4.60. The topological polar surface area (TPSA) is 83.0 Å². The van der Waals surface area contributed by atoms with Crippen molar-refractivity contribution < 1.29 is 23.7 Å². The van der Waals surface area contributed by atoms with E-state index in [1.54, 1.807) is 24.3 Å². The SMILES string of the molecule is COc1ccc2nccc([C@H]3OC(C)(C)O[C@@H]3[C@H]3CCN(C(=O)OC(C)(C)C)C3)c2n1. The predicted molar refractivity (Wildman–Crippen MR) is 115 cm³/mol. The van der Waals surface area contributed by atoms with Crippen molar-refractivity contribution in [2.75, 3.05) is 20.2 Å². The van der Waals surface area contributed by atoms with Gasteiger partial charge in [-0.2, -0.15) is 0 Å². The monoisotopic (exact) mass is 429 g/mol. The number of likely N-dealkylation sites (tertiary alicyclic amines) is 1. The van der Waals surface area contributed by atoms with Gasteiger partial charge in [0.05, 0.1) is 24.2 Å². The molecule has 0 radical (unpaired) electrons. The molecule has 0 N–H and O–H groups in total. The van der Waals surface area contributed by atoms with E-state index in [4.69, 9.17) is 18.9 Å². The molecule has 0 aromatic carbocycles. The number of hydrogen-bond donors (Lipinski definition) is 0. The van der Waals surface area contributed by atoms with Crippen LogP contribution in [0.1, 0.15) is 52.7 Å². The molecule has 8 nitrogen and oxygen atoms in total. The molecule has 31 heavy (non-hydrogen) atoms. The van der Waals surface area contributed by atoms with Gasteiger partial charge in [-0.3, -0.25) is 4.98 Å². The molecule has 8 heteroatoms. The van der Waals surface area contributed by atoms with Gasteiger partial charge in [0.15, 0.2) is 5.79 Å². The Balaban J connectivity index is 1.62. The molecule has 4 rings (SSSR count). The molecule has 0 saturated carbocycles. The Morgan fingerprint density at radius 2 is 2.00 bits per heavy atom. The van der Waals surface area contributed by atoms with Crippen molar-refractivity contribution in [2.24, 2.45) is 5.92 Å². The van der Waals surface area contributed by atoms with Crippen LogP contribution in [-0.2, 0) is 14.2 Å². The summed E-state index contributed by atoms with van der Waals surface area (Å²) in [6.07, 6.45) is 1.74. The van der Waals surface area contributed by atoms with Crippen molar-refractivity contribution >= 4 is 17.1 Å². The highest BCUT2D eigenvalue weighted by Crippen LogP contribution is 2.45. The second kappa shape index (κ2) is 7.91. The van der Waals surface area contributed by atoms with Gasteiger partial charge < -0.3 is 23.8 Å². The molecule has 3 atom stereocenters. The van der Waals surface area contributed by atoms with Crippen LogP contribution < -0.4 is 4.74 Å². The second-order valence-corrected chi connectivity index (χ2v) is 9.62. The Morgan fingerprint density at radius 1 is 1.23 bits per heavy atom. The summed E-state index contributed by atoms with van der Waals surface area (Å²) in [4.78, 5) is 23.4. The lowest BCUT2D eigenvalue weighted by molar-refractivity contribution is -0.150. The van der Waals surface area contributed by atoms with Crippen molar-refractivity contribution in [1.82, 2.24) is 14.9 Å². The minimum absolute atomic E-state index is 0.119. The molecule has 1 amide bonds. The summed E-state index contributed by atoms with van der Waals surface area (Å²) < 4.78 is 23.6. The maximum Gasteiger partial charge on any atom is 0.410 e. The number of nitrogens with zero attached hydrogens (tertiary/aromatic N) is 3. The van der Waals surface area contributed by atoms with E-state index in [0.29, 0.717) is 19.0 Å². The highest BCUT2D eigenvalue weighted by molar-refractivity contribution is 5.78. The zero-order valence-corrected chi connectivity index (χ0v) is 19.0. The molecule has 2 aromatic rings. The highest BCUT2D eigenvalue weighted by Gasteiger charge is 2.48. The Labute approximate surface area is 182 Å². The van der Waals surface area contributed by atoms with Gasteiger partial charge in [0.2, 0.25) is 5.88 Å². The minimum Gasteiger partial charge on any atom is -0.481 e. The molecule has 0 spiro atoms. The molecule has 2 aliphatic rings. The minimum atomic E-state index is -0.747. The van der Waals surface area contributed by atoms with Crippen molar-refractivity contribution in [3.63, 3.8) is 0 Å². The number of amides is 1. The lowest BCUT2D eigenvalue weighted by Gasteiger charge is -2.26. The van der Waals surface area contributed by atoms with E-state index in [0.717, 1.165) is 23.0 Å². The summed E-state index contributed by atoms with van der Waals surface area (Å²) in [5.74, 6) is -0.107. The first-order chi connectivity index (χ1) is 14.6. The zero-order valence-electron chi connectivity index (χ0n) is 19.0. The number of ether oxygens (including phenoxy) is 4. The van der Waals surface area contributed by atoms with Gasteiger partial charge in [-0.15, -0.1) is 0 Å². The van der Waals surface area contributed by atoms with Gasteiger partial charge in [-0.25, -0.2) is 9.78 Å². The van der Waals surface area contributed by atoms with Crippen LogP contribution in [0.3, 0.4) is 0 Å². The summed E-state index contributed by atoms with van der Waals surface area (Å²) >= 11 is 0. The van der Waals surface area contributed by atoms with Crippen molar-refractivity contribution in [3.05, 3.63) is 30.0 Å². The smallest absolute Gasteiger partial charge is 0.410 e.